The second-order valence-corrected chi connectivity index (χ2v) is 6.91. The van der Waals surface area contributed by atoms with E-state index in [4.69, 9.17) is 22.7 Å². The number of methoxy groups -OCH3 is 1. The molecule has 0 bridgehead atoms. The summed E-state index contributed by atoms with van der Waals surface area (Å²) in [5, 5.41) is 0. The van der Waals surface area contributed by atoms with Crippen LogP contribution in [0.4, 0.5) is 0 Å². The monoisotopic (exact) mass is 304 g/mol. The van der Waals surface area contributed by atoms with Crippen molar-refractivity contribution in [3.8, 4) is 5.75 Å². The Kier molecular flexibility index (Phi) is 4.45. The standard InChI is InChI=1S/C17H24N2OS/c1-20-16-7-6-14(17(18)21)8-15(16)11-19(9-12-2-3-12)10-13-4-5-13/h6-8,12-13H,2-5,9-11H2,1H3,(H2,18,21). The van der Waals surface area contributed by atoms with Gasteiger partial charge in [0.1, 0.15) is 10.7 Å². The van der Waals surface area contributed by atoms with E-state index in [2.05, 4.69) is 11.0 Å². The van der Waals surface area contributed by atoms with Gasteiger partial charge < -0.3 is 10.5 Å². The molecule has 0 unspecified atom stereocenters. The fourth-order valence-corrected chi connectivity index (χ4v) is 2.96. The first-order chi connectivity index (χ1) is 10.2. The molecule has 2 saturated carbocycles. The quantitative estimate of drug-likeness (QED) is 0.750. The van der Waals surface area contributed by atoms with Crippen LogP contribution in [0, 0.1) is 11.8 Å². The van der Waals surface area contributed by atoms with Gasteiger partial charge >= 0.3 is 0 Å². The van der Waals surface area contributed by atoms with Crippen LogP contribution in [-0.4, -0.2) is 30.1 Å². The first-order valence-electron chi connectivity index (χ1n) is 7.84. The highest BCUT2D eigenvalue weighted by atomic mass is 32.1. The van der Waals surface area contributed by atoms with E-state index in [9.17, 15) is 0 Å². The second kappa shape index (κ2) is 6.32. The second-order valence-electron chi connectivity index (χ2n) is 6.47. The minimum Gasteiger partial charge on any atom is -0.496 e. The molecule has 0 spiro atoms. The molecular weight excluding hydrogens is 280 g/mol. The molecule has 0 aliphatic heterocycles. The van der Waals surface area contributed by atoms with E-state index in [0.29, 0.717) is 4.99 Å². The molecule has 1 aromatic rings. The molecule has 2 fully saturated rings. The fourth-order valence-electron chi connectivity index (χ4n) is 2.83. The largest absolute Gasteiger partial charge is 0.496 e. The average Bonchev–Trinajstić information content (AvgIpc) is 3.35. The number of ether oxygens (including phenoxy) is 1. The van der Waals surface area contributed by atoms with Crippen LogP contribution in [0.15, 0.2) is 18.2 Å². The summed E-state index contributed by atoms with van der Waals surface area (Å²) in [6.07, 6.45) is 5.58. The van der Waals surface area contributed by atoms with Crippen LogP contribution in [0.2, 0.25) is 0 Å². The number of rotatable bonds is 8. The van der Waals surface area contributed by atoms with Gasteiger partial charge in [0.25, 0.3) is 0 Å². The highest BCUT2D eigenvalue weighted by Crippen LogP contribution is 2.35. The molecule has 0 saturated heterocycles. The smallest absolute Gasteiger partial charge is 0.123 e. The van der Waals surface area contributed by atoms with E-state index in [-0.39, 0.29) is 0 Å². The highest BCUT2D eigenvalue weighted by Gasteiger charge is 2.29. The topological polar surface area (TPSA) is 38.5 Å². The molecule has 114 valence electrons. The maximum atomic E-state index is 5.76. The van der Waals surface area contributed by atoms with Crippen molar-refractivity contribution in [3.05, 3.63) is 29.3 Å². The Morgan fingerprint density at radius 2 is 1.86 bits per heavy atom. The first-order valence-corrected chi connectivity index (χ1v) is 8.25. The predicted octanol–water partition coefficient (Wildman–Crippen LogP) is 2.95. The average molecular weight is 304 g/mol. The van der Waals surface area contributed by atoms with Crippen LogP contribution in [0.5, 0.6) is 5.75 Å². The molecule has 2 aliphatic carbocycles. The van der Waals surface area contributed by atoms with Crippen LogP contribution >= 0.6 is 12.2 Å². The number of benzene rings is 1. The number of hydrogen-bond donors (Lipinski definition) is 1. The van der Waals surface area contributed by atoms with Crippen molar-refractivity contribution in [2.45, 2.75) is 32.2 Å². The van der Waals surface area contributed by atoms with Gasteiger partial charge in [-0.1, -0.05) is 12.2 Å². The maximum Gasteiger partial charge on any atom is 0.123 e. The van der Waals surface area contributed by atoms with Crippen molar-refractivity contribution in [2.75, 3.05) is 20.2 Å². The third-order valence-electron chi connectivity index (χ3n) is 4.39. The zero-order valence-corrected chi connectivity index (χ0v) is 13.5. The normalized spacial score (nSPS) is 18.0. The molecule has 0 radical (unpaired) electrons. The Bertz CT molecular complexity index is 510. The third kappa shape index (κ3) is 4.17. The van der Waals surface area contributed by atoms with Crippen LogP contribution in [0.1, 0.15) is 36.8 Å². The van der Waals surface area contributed by atoms with E-state index in [1.54, 1.807) is 7.11 Å². The number of hydrogen-bond acceptors (Lipinski definition) is 3. The molecule has 0 atom stereocenters. The minimum absolute atomic E-state index is 0.454. The molecule has 1 aromatic carbocycles. The molecule has 3 rings (SSSR count). The first kappa shape index (κ1) is 14.8. The molecule has 4 heteroatoms. The van der Waals surface area contributed by atoms with E-state index >= 15 is 0 Å². The van der Waals surface area contributed by atoms with Crippen molar-refractivity contribution in [2.24, 2.45) is 17.6 Å². The molecule has 2 N–H and O–H groups in total. The van der Waals surface area contributed by atoms with Gasteiger partial charge in [-0.25, -0.2) is 0 Å². The third-order valence-corrected chi connectivity index (χ3v) is 4.62. The summed E-state index contributed by atoms with van der Waals surface area (Å²) < 4.78 is 5.51. The number of nitrogens with two attached hydrogens (primary N) is 1. The van der Waals surface area contributed by atoms with E-state index in [1.165, 1.54) is 44.3 Å². The number of nitrogens with zero attached hydrogens (tertiary/aromatic N) is 1. The summed E-state index contributed by atoms with van der Waals surface area (Å²) in [7, 11) is 1.73. The van der Waals surface area contributed by atoms with Gasteiger partial charge in [-0.05, 0) is 55.7 Å². The summed E-state index contributed by atoms with van der Waals surface area (Å²) in [5.74, 6) is 2.76. The number of thiocarbonyl (C=S) groups is 1. The zero-order chi connectivity index (χ0) is 14.8. The molecule has 2 aliphatic rings. The fraction of sp³-hybridized carbons (Fsp3) is 0.588. The lowest BCUT2D eigenvalue weighted by molar-refractivity contribution is 0.240. The van der Waals surface area contributed by atoms with Gasteiger partial charge in [-0.2, -0.15) is 0 Å². The van der Waals surface area contributed by atoms with Crippen molar-refractivity contribution < 1.29 is 4.74 Å². The van der Waals surface area contributed by atoms with E-state index < -0.39 is 0 Å². The lowest BCUT2D eigenvalue weighted by Gasteiger charge is -2.23. The van der Waals surface area contributed by atoms with Crippen molar-refractivity contribution in [3.63, 3.8) is 0 Å². The van der Waals surface area contributed by atoms with Crippen LogP contribution in [0.3, 0.4) is 0 Å². The molecule has 0 amide bonds. The Morgan fingerprint density at radius 1 is 1.24 bits per heavy atom. The van der Waals surface area contributed by atoms with E-state index in [1.807, 2.05) is 12.1 Å². The predicted molar refractivity (Wildman–Crippen MR) is 89.6 cm³/mol. The van der Waals surface area contributed by atoms with Gasteiger partial charge in [-0.3, -0.25) is 4.90 Å². The lowest BCUT2D eigenvalue weighted by Crippen LogP contribution is -2.28. The van der Waals surface area contributed by atoms with Crippen LogP contribution in [-0.2, 0) is 6.54 Å². The summed E-state index contributed by atoms with van der Waals surface area (Å²) in [5.41, 5.74) is 7.89. The van der Waals surface area contributed by atoms with Crippen molar-refractivity contribution >= 4 is 17.2 Å². The van der Waals surface area contributed by atoms with Crippen molar-refractivity contribution in [1.29, 1.82) is 0 Å². The summed E-state index contributed by atoms with van der Waals surface area (Å²) in [6.45, 7) is 3.38. The van der Waals surface area contributed by atoms with Crippen molar-refractivity contribution in [1.82, 2.24) is 4.90 Å². The molecular formula is C17H24N2OS. The summed E-state index contributed by atoms with van der Waals surface area (Å²) >= 11 is 5.10. The zero-order valence-electron chi connectivity index (χ0n) is 12.7. The molecule has 0 aromatic heterocycles. The minimum atomic E-state index is 0.454. The van der Waals surface area contributed by atoms with Gasteiger partial charge in [0.2, 0.25) is 0 Å². The summed E-state index contributed by atoms with van der Waals surface area (Å²) in [6, 6.07) is 6.01. The lowest BCUT2D eigenvalue weighted by atomic mass is 10.1. The van der Waals surface area contributed by atoms with Gasteiger partial charge in [0.15, 0.2) is 0 Å². The highest BCUT2D eigenvalue weighted by molar-refractivity contribution is 7.80. The van der Waals surface area contributed by atoms with Crippen LogP contribution < -0.4 is 10.5 Å². The Morgan fingerprint density at radius 3 is 2.33 bits per heavy atom. The Balaban J connectivity index is 1.75. The SMILES string of the molecule is COc1ccc(C(N)=S)cc1CN(CC1CC1)CC1CC1. The van der Waals surface area contributed by atoms with Crippen LogP contribution in [0.25, 0.3) is 0 Å². The Hall–Kier alpha value is -1.13. The van der Waals surface area contributed by atoms with Gasteiger partial charge in [0, 0.05) is 30.8 Å². The van der Waals surface area contributed by atoms with Gasteiger partial charge in [0.05, 0.1) is 7.11 Å². The molecule has 0 heterocycles. The van der Waals surface area contributed by atoms with Gasteiger partial charge in [-0.15, -0.1) is 0 Å². The van der Waals surface area contributed by atoms with E-state index in [0.717, 1.165) is 29.7 Å². The molecule has 21 heavy (non-hydrogen) atoms. The summed E-state index contributed by atoms with van der Waals surface area (Å²) in [4.78, 5) is 3.05. The Labute approximate surface area is 132 Å². The molecule has 3 nitrogen and oxygen atoms in total. The maximum absolute atomic E-state index is 5.76.